The van der Waals surface area contributed by atoms with E-state index in [1.54, 1.807) is 10.5 Å². The van der Waals surface area contributed by atoms with Crippen molar-refractivity contribution < 1.29 is 8.42 Å². The first-order valence-corrected chi connectivity index (χ1v) is 10.8. The van der Waals surface area contributed by atoms with Crippen molar-refractivity contribution in [3.63, 3.8) is 0 Å². The van der Waals surface area contributed by atoms with E-state index in [1.165, 1.54) is 0 Å². The molecule has 2 aromatic rings. The molecule has 0 saturated carbocycles. The lowest BCUT2D eigenvalue weighted by Gasteiger charge is -2.35. The second-order valence-electron chi connectivity index (χ2n) is 8.42. The molecule has 28 heavy (non-hydrogen) atoms. The topological polar surface area (TPSA) is 67.2 Å². The highest BCUT2D eigenvalue weighted by Crippen LogP contribution is 2.34. The Morgan fingerprint density at radius 3 is 2.29 bits per heavy atom. The van der Waals surface area contributed by atoms with Crippen LogP contribution in [0.4, 0.5) is 0 Å². The number of nitrogens with one attached hydrogen (secondary N) is 1. The van der Waals surface area contributed by atoms with E-state index in [9.17, 15) is 8.42 Å². The molecule has 156 valence electrons. The lowest BCUT2D eigenvalue weighted by Crippen LogP contribution is -2.49. The molecule has 1 atom stereocenters. The summed E-state index contributed by atoms with van der Waals surface area (Å²) in [6.45, 7) is 11.8. The maximum absolute atomic E-state index is 13.7. The minimum Gasteiger partial charge on any atom is -0.337 e. The second kappa shape index (κ2) is 8.14. The first kappa shape index (κ1) is 22.9. The van der Waals surface area contributed by atoms with Gasteiger partial charge in [0.25, 0.3) is 0 Å². The molecule has 2 heterocycles. The van der Waals surface area contributed by atoms with Crippen LogP contribution >= 0.6 is 12.4 Å². The van der Waals surface area contributed by atoms with Crippen molar-refractivity contribution in [2.24, 2.45) is 7.05 Å². The summed E-state index contributed by atoms with van der Waals surface area (Å²) in [4.78, 5) is 4.83. The molecule has 1 aliphatic rings. The van der Waals surface area contributed by atoms with Crippen LogP contribution in [0.2, 0.25) is 0 Å². The maximum Gasteiger partial charge on any atom is 0.244 e. The quantitative estimate of drug-likeness (QED) is 0.818. The molecule has 1 aromatic heterocycles. The Morgan fingerprint density at radius 2 is 1.79 bits per heavy atom. The zero-order valence-corrected chi connectivity index (χ0v) is 19.1. The fourth-order valence-corrected chi connectivity index (χ4v) is 5.80. The summed E-state index contributed by atoms with van der Waals surface area (Å²) in [7, 11) is -1.74. The molecule has 1 unspecified atom stereocenters. The van der Waals surface area contributed by atoms with Crippen LogP contribution in [0.1, 0.15) is 49.3 Å². The SMILES string of the molecule is Cc1cc(C(C)(C)C)cc(C)c1S(=O)(=O)N1CCNCC1c1nccn1C.Cl. The molecule has 0 spiro atoms. The molecule has 6 nitrogen and oxygen atoms in total. The zero-order valence-electron chi connectivity index (χ0n) is 17.5. The van der Waals surface area contributed by atoms with Crippen molar-refractivity contribution >= 4 is 22.4 Å². The average Bonchev–Trinajstić information content (AvgIpc) is 2.99. The van der Waals surface area contributed by atoms with Crippen LogP contribution in [0.3, 0.4) is 0 Å². The lowest BCUT2D eigenvalue weighted by molar-refractivity contribution is 0.258. The van der Waals surface area contributed by atoms with Crippen molar-refractivity contribution in [1.29, 1.82) is 0 Å². The molecule has 8 heteroatoms. The van der Waals surface area contributed by atoms with Crippen LogP contribution in [-0.2, 0) is 22.5 Å². The molecule has 1 N–H and O–H groups in total. The number of hydrogen-bond donors (Lipinski definition) is 1. The van der Waals surface area contributed by atoms with Gasteiger partial charge in [0.2, 0.25) is 10.0 Å². The Labute approximate surface area is 174 Å². The Kier molecular flexibility index (Phi) is 6.65. The van der Waals surface area contributed by atoms with Crippen molar-refractivity contribution in [3.05, 3.63) is 47.0 Å². The van der Waals surface area contributed by atoms with Gasteiger partial charge in [-0.25, -0.2) is 13.4 Å². The molecule has 0 bridgehead atoms. The van der Waals surface area contributed by atoms with E-state index in [2.05, 4.69) is 31.1 Å². The van der Waals surface area contributed by atoms with Gasteiger partial charge in [-0.1, -0.05) is 32.9 Å². The van der Waals surface area contributed by atoms with E-state index in [4.69, 9.17) is 0 Å². The largest absolute Gasteiger partial charge is 0.337 e. The smallest absolute Gasteiger partial charge is 0.244 e. The van der Waals surface area contributed by atoms with Gasteiger partial charge in [-0.3, -0.25) is 0 Å². The lowest BCUT2D eigenvalue weighted by atomic mass is 9.85. The number of sulfonamides is 1. The second-order valence-corrected chi connectivity index (χ2v) is 10.2. The molecule has 1 aliphatic heterocycles. The number of hydrogen-bond acceptors (Lipinski definition) is 4. The summed E-state index contributed by atoms with van der Waals surface area (Å²) >= 11 is 0. The van der Waals surface area contributed by atoms with Crippen molar-refractivity contribution in [1.82, 2.24) is 19.2 Å². The zero-order chi connectivity index (χ0) is 20.0. The van der Waals surface area contributed by atoms with Gasteiger partial charge in [-0.15, -0.1) is 12.4 Å². The minimum atomic E-state index is -3.64. The summed E-state index contributed by atoms with van der Waals surface area (Å²) in [5.41, 5.74) is 2.73. The van der Waals surface area contributed by atoms with E-state index in [-0.39, 0.29) is 23.9 Å². The van der Waals surface area contributed by atoms with Crippen LogP contribution in [-0.4, -0.2) is 41.9 Å². The predicted octanol–water partition coefficient (Wildman–Crippen LogP) is 3.09. The molecule has 0 radical (unpaired) electrons. The Balaban J connectivity index is 0.00000280. The third-order valence-corrected chi connectivity index (χ3v) is 7.46. The molecular formula is C20H31ClN4O2S. The van der Waals surface area contributed by atoms with E-state index in [1.807, 2.05) is 43.8 Å². The fraction of sp³-hybridized carbons (Fsp3) is 0.550. The van der Waals surface area contributed by atoms with Gasteiger partial charge in [-0.2, -0.15) is 4.31 Å². The Bertz CT molecular complexity index is 924. The molecule has 1 saturated heterocycles. The highest BCUT2D eigenvalue weighted by atomic mass is 35.5. The highest BCUT2D eigenvalue weighted by molar-refractivity contribution is 7.89. The van der Waals surface area contributed by atoms with Gasteiger partial charge in [-0.05, 0) is 36.0 Å². The molecule has 0 aliphatic carbocycles. The molecule has 1 fully saturated rings. The van der Waals surface area contributed by atoms with Crippen LogP contribution in [0.25, 0.3) is 0 Å². The van der Waals surface area contributed by atoms with E-state index < -0.39 is 10.0 Å². The van der Waals surface area contributed by atoms with Crippen LogP contribution < -0.4 is 5.32 Å². The normalized spacial score (nSPS) is 18.7. The van der Waals surface area contributed by atoms with E-state index in [0.717, 1.165) is 22.5 Å². The first-order chi connectivity index (χ1) is 12.5. The monoisotopic (exact) mass is 426 g/mol. The Hall–Kier alpha value is -1.41. The number of piperazine rings is 1. The fourth-order valence-electron chi connectivity index (χ4n) is 3.80. The van der Waals surface area contributed by atoms with Crippen LogP contribution in [0.5, 0.6) is 0 Å². The maximum atomic E-state index is 13.7. The number of halogens is 1. The van der Waals surface area contributed by atoms with Gasteiger partial charge in [0.05, 0.1) is 10.9 Å². The van der Waals surface area contributed by atoms with E-state index >= 15 is 0 Å². The molecule has 1 aromatic carbocycles. The van der Waals surface area contributed by atoms with Gasteiger partial charge >= 0.3 is 0 Å². The van der Waals surface area contributed by atoms with Gasteiger partial charge < -0.3 is 9.88 Å². The summed E-state index contributed by atoms with van der Waals surface area (Å²) in [6, 6.07) is 3.71. The third-order valence-electron chi connectivity index (χ3n) is 5.24. The van der Waals surface area contributed by atoms with Gasteiger partial charge in [0.15, 0.2) is 0 Å². The number of imidazole rings is 1. The summed E-state index contributed by atoms with van der Waals surface area (Å²) < 4.78 is 30.8. The van der Waals surface area contributed by atoms with Gasteiger partial charge in [0.1, 0.15) is 5.82 Å². The van der Waals surface area contributed by atoms with Crippen LogP contribution in [0.15, 0.2) is 29.4 Å². The summed E-state index contributed by atoms with van der Waals surface area (Å²) in [5, 5.41) is 3.30. The standard InChI is InChI=1S/C20H30N4O2S.ClH/c1-14-11-16(20(3,4)5)12-15(2)18(14)27(25,26)24-10-7-21-13-17(24)19-22-8-9-23(19)6;/h8-9,11-12,17,21H,7,10,13H2,1-6H3;1H. The predicted molar refractivity (Wildman–Crippen MR) is 115 cm³/mol. The molecule has 3 rings (SSSR count). The summed E-state index contributed by atoms with van der Waals surface area (Å²) in [6.07, 6.45) is 3.56. The van der Waals surface area contributed by atoms with Gasteiger partial charge in [0, 0.05) is 39.1 Å². The average molecular weight is 427 g/mol. The van der Waals surface area contributed by atoms with Crippen molar-refractivity contribution in [2.45, 2.75) is 51.0 Å². The summed E-state index contributed by atoms with van der Waals surface area (Å²) in [5.74, 6) is 0.757. The highest BCUT2D eigenvalue weighted by Gasteiger charge is 2.38. The van der Waals surface area contributed by atoms with Crippen molar-refractivity contribution in [3.8, 4) is 0 Å². The van der Waals surface area contributed by atoms with Crippen LogP contribution in [0, 0.1) is 13.8 Å². The molecule has 0 amide bonds. The van der Waals surface area contributed by atoms with E-state index in [0.29, 0.717) is 24.5 Å². The number of rotatable bonds is 3. The molecular weight excluding hydrogens is 396 g/mol. The number of benzene rings is 1. The number of aromatic nitrogens is 2. The minimum absolute atomic E-state index is 0. The number of nitrogens with zero attached hydrogens (tertiary/aromatic N) is 3. The number of aryl methyl sites for hydroxylation is 3. The Morgan fingerprint density at radius 1 is 1.18 bits per heavy atom. The van der Waals surface area contributed by atoms with Crippen molar-refractivity contribution in [2.75, 3.05) is 19.6 Å². The first-order valence-electron chi connectivity index (χ1n) is 9.35. The third kappa shape index (κ3) is 4.13.